The molecule has 0 amide bonds. The molecule has 0 aliphatic heterocycles. The highest BCUT2D eigenvalue weighted by atomic mass is 35.5. The van der Waals surface area contributed by atoms with Gasteiger partial charge in [0.25, 0.3) is 0 Å². The van der Waals surface area contributed by atoms with Crippen LogP contribution in [0.5, 0.6) is 0 Å². The summed E-state index contributed by atoms with van der Waals surface area (Å²) in [6, 6.07) is 10.7. The van der Waals surface area contributed by atoms with Gasteiger partial charge < -0.3 is 0 Å². The Kier molecular flexibility index (Phi) is 4.16. The molecule has 0 bridgehead atoms. The molecule has 0 saturated heterocycles. The van der Waals surface area contributed by atoms with E-state index in [0.29, 0.717) is 5.88 Å². The molecule has 114 valence electrons. The molecular weight excluding hydrogens is 294 g/mol. The number of halogens is 1. The number of rotatable bonds is 4. The molecule has 0 radical (unpaired) electrons. The third-order valence-corrected chi connectivity index (χ3v) is 4.10. The second kappa shape index (κ2) is 6.09. The Morgan fingerprint density at radius 1 is 1.09 bits per heavy atom. The number of benzene rings is 1. The number of alkyl halides is 1. The van der Waals surface area contributed by atoms with E-state index in [1.807, 2.05) is 13.8 Å². The van der Waals surface area contributed by atoms with Gasteiger partial charge in [-0.3, -0.25) is 9.55 Å². The standard InChI is InChI=1S/C18H20ClN3/c1-4-17-21-18-13(3)20-12(2)11-16(18)22(17)15-7-5-14(6-8-15)9-10-19/h5-8,11H,4,9-10H2,1-3H3. The molecular formula is C18H20ClN3. The van der Waals surface area contributed by atoms with Gasteiger partial charge in [0.1, 0.15) is 11.3 Å². The molecule has 0 spiro atoms. The van der Waals surface area contributed by atoms with Crippen molar-refractivity contribution in [1.29, 1.82) is 0 Å². The Morgan fingerprint density at radius 3 is 2.45 bits per heavy atom. The van der Waals surface area contributed by atoms with Gasteiger partial charge in [-0.05, 0) is 44.0 Å². The predicted octanol–water partition coefficient (Wildman–Crippen LogP) is 4.38. The molecule has 22 heavy (non-hydrogen) atoms. The molecule has 3 nitrogen and oxygen atoms in total. The fourth-order valence-corrected chi connectivity index (χ4v) is 3.09. The summed E-state index contributed by atoms with van der Waals surface area (Å²) < 4.78 is 2.24. The van der Waals surface area contributed by atoms with Crippen molar-refractivity contribution in [3.8, 4) is 5.69 Å². The summed E-state index contributed by atoms with van der Waals surface area (Å²) >= 11 is 5.81. The lowest BCUT2D eigenvalue weighted by Crippen LogP contribution is -2.00. The van der Waals surface area contributed by atoms with Crippen LogP contribution >= 0.6 is 11.6 Å². The molecule has 0 aliphatic carbocycles. The van der Waals surface area contributed by atoms with Crippen molar-refractivity contribution in [3.63, 3.8) is 0 Å². The van der Waals surface area contributed by atoms with Gasteiger partial charge in [0.15, 0.2) is 0 Å². The Balaban J connectivity index is 2.20. The van der Waals surface area contributed by atoms with E-state index in [-0.39, 0.29) is 0 Å². The summed E-state index contributed by atoms with van der Waals surface area (Å²) in [6.07, 6.45) is 1.78. The van der Waals surface area contributed by atoms with Gasteiger partial charge in [-0.2, -0.15) is 0 Å². The first-order valence-corrected chi connectivity index (χ1v) is 8.18. The van der Waals surface area contributed by atoms with Crippen LogP contribution in [-0.2, 0) is 12.8 Å². The smallest absolute Gasteiger partial charge is 0.114 e. The van der Waals surface area contributed by atoms with Crippen LogP contribution in [0, 0.1) is 13.8 Å². The average Bonchev–Trinajstić information content (AvgIpc) is 2.87. The maximum atomic E-state index is 5.81. The van der Waals surface area contributed by atoms with Gasteiger partial charge in [-0.15, -0.1) is 11.6 Å². The number of aromatic nitrogens is 3. The van der Waals surface area contributed by atoms with Crippen LogP contribution < -0.4 is 0 Å². The summed E-state index contributed by atoms with van der Waals surface area (Å²) in [5, 5.41) is 0. The molecule has 0 saturated carbocycles. The Labute approximate surface area is 136 Å². The van der Waals surface area contributed by atoms with E-state index in [2.05, 4.69) is 46.8 Å². The van der Waals surface area contributed by atoms with Crippen LogP contribution in [0.4, 0.5) is 0 Å². The average molecular weight is 314 g/mol. The molecule has 0 aliphatic rings. The molecule has 0 atom stereocenters. The maximum Gasteiger partial charge on any atom is 0.114 e. The summed E-state index contributed by atoms with van der Waals surface area (Å²) in [6.45, 7) is 6.18. The fraction of sp³-hybridized carbons (Fsp3) is 0.333. The predicted molar refractivity (Wildman–Crippen MR) is 92.1 cm³/mol. The molecule has 2 aromatic heterocycles. The highest BCUT2D eigenvalue weighted by Gasteiger charge is 2.14. The monoisotopic (exact) mass is 313 g/mol. The number of nitrogens with zero attached hydrogens (tertiary/aromatic N) is 3. The van der Waals surface area contributed by atoms with Gasteiger partial charge in [0.05, 0.1) is 11.2 Å². The van der Waals surface area contributed by atoms with E-state index in [9.17, 15) is 0 Å². The van der Waals surface area contributed by atoms with Crippen LogP contribution in [0.1, 0.15) is 29.7 Å². The summed E-state index contributed by atoms with van der Waals surface area (Å²) in [5.74, 6) is 1.72. The largest absolute Gasteiger partial charge is 0.296 e. The summed E-state index contributed by atoms with van der Waals surface area (Å²) in [5.41, 5.74) is 6.53. The van der Waals surface area contributed by atoms with Crippen molar-refractivity contribution < 1.29 is 0 Å². The zero-order chi connectivity index (χ0) is 15.7. The van der Waals surface area contributed by atoms with Crippen molar-refractivity contribution in [2.75, 3.05) is 5.88 Å². The Bertz CT molecular complexity index is 803. The first-order valence-electron chi connectivity index (χ1n) is 7.65. The fourth-order valence-electron chi connectivity index (χ4n) is 2.87. The highest BCUT2D eigenvalue weighted by molar-refractivity contribution is 6.17. The minimum atomic E-state index is 0.650. The van der Waals surface area contributed by atoms with Crippen LogP contribution in [-0.4, -0.2) is 20.4 Å². The van der Waals surface area contributed by atoms with Crippen molar-refractivity contribution >= 4 is 22.6 Å². The van der Waals surface area contributed by atoms with Gasteiger partial charge in [0, 0.05) is 23.7 Å². The van der Waals surface area contributed by atoms with Crippen molar-refractivity contribution in [2.24, 2.45) is 0 Å². The van der Waals surface area contributed by atoms with Crippen LogP contribution in [0.25, 0.3) is 16.7 Å². The zero-order valence-electron chi connectivity index (χ0n) is 13.2. The number of imidazole rings is 1. The first-order chi connectivity index (χ1) is 10.6. The molecule has 0 N–H and O–H groups in total. The molecule has 1 aromatic carbocycles. The quantitative estimate of drug-likeness (QED) is 0.669. The molecule has 3 aromatic rings. The van der Waals surface area contributed by atoms with E-state index < -0.39 is 0 Å². The van der Waals surface area contributed by atoms with E-state index in [1.54, 1.807) is 0 Å². The second-order valence-corrected chi connectivity index (χ2v) is 5.92. The number of pyridine rings is 1. The zero-order valence-corrected chi connectivity index (χ0v) is 14.0. The Morgan fingerprint density at radius 2 is 1.82 bits per heavy atom. The van der Waals surface area contributed by atoms with Crippen LogP contribution in [0.3, 0.4) is 0 Å². The summed E-state index contributed by atoms with van der Waals surface area (Å²) in [7, 11) is 0. The summed E-state index contributed by atoms with van der Waals surface area (Å²) in [4.78, 5) is 9.32. The third-order valence-electron chi connectivity index (χ3n) is 3.91. The SMILES string of the molecule is CCc1nc2c(C)nc(C)cc2n1-c1ccc(CCCl)cc1. The normalized spacial score (nSPS) is 11.3. The molecule has 4 heteroatoms. The highest BCUT2D eigenvalue weighted by Crippen LogP contribution is 2.24. The topological polar surface area (TPSA) is 30.7 Å². The lowest BCUT2D eigenvalue weighted by molar-refractivity contribution is 0.907. The molecule has 0 fully saturated rings. The molecule has 0 unspecified atom stereocenters. The number of hydrogen-bond acceptors (Lipinski definition) is 2. The van der Waals surface area contributed by atoms with Gasteiger partial charge in [-0.25, -0.2) is 4.98 Å². The lowest BCUT2D eigenvalue weighted by Gasteiger charge is -2.09. The third kappa shape index (κ3) is 2.61. The van der Waals surface area contributed by atoms with Crippen LogP contribution in [0.2, 0.25) is 0 Å². The van der Waals surface area contributed by atoms with E-state index in [4.69, 9.17) is 16.6 Å². The maximum absolute atomic E-state index is 5.81. The minimum absolute atomic E-state index is 0.650. The van der Waals surface area contributed by atoms with Crippen LogP contribution in [0.15, 0.2) is 30.3 Å². The lowest BCUT2D eigenvalue weighted by atomic mass is 10.1. The van der Waals surface area contributed by atoms with E-state index in [1.165, 1.54) is 5.56 Å². The van der Waals surface area contributed by atoms with Gasteiger partial charge >= 0.3 is 0 Å². The van der Waals surface area contributed by atoms with E-state index in [0.717, 1.165) is 46.8 Å². The molecule has 3 rings (SSSR count). The number of hydrogen-bond donors (Lipinski definition) is 0. The first kappa shape index (κ1) is 15.0. The number of aryl methyl sites for hydroxylation is 4. The van der Waals surface area contributed by atoms with Crippen molar-refractivity contribution in [3.05, 3.63) is 53.1 Å². The van der Waals surface area contributed by atoms with Crippen molar-refractivity contribution in [1.82, 2.24) is 14.5 Å². The minimum Gasteiger partial charge on any atom is -0.296 e. The second-order valence-electron chi connectivity index (χ2n) is 5.54. The van der Waals surface area contributed by atoms with Crippen molar-refractivity contribution in [2.45, 2.75) is 33.6 Å². The Hall–Kier alpha value is -1.87. The van der Waals surface area contributed by atoms with Gasteiger partial charge in [0.2, 0.25) is 0 Å². The molecule has 2 heterocycles. The van der Waals surface area contributed by atoms with E-state index >= 15 is 0 Å². The number of fused-ring (bicyclic) bond motifs is 1. The van der Waals surface area contributed by atoms with Gasteiger partial charge in [-0.1, -0.05) is 19.1 Å².